The quantitative estimate of drug-likeness (QED) is 0.100. The molecule has 0 saturated carbocycles. The van der Waals surface area contributed by atoms with Crippen LogP contribution >= 0.6 is 22.7 Å². The summed E-state index contributed by atoms with van der Waals surface area (Å²) < 4.78 is 2.62. The molecule has 5 rings (SSSR count). The van der Waals surface area contributed by atoms with Crippen LogP contribution in [-0.2, 0) is 6.42 Å². The number of fused-ring (bicyclic) bond motifs is 2. The number of nitro benzene ring substituents is 1. The van der Waals surface area contributed by atoms with Crippen LogP contribution in [0.15, 0.2) is 77.5 Å². The molecular formula is C30H30N2O2S2. The predicted octanol–water partition coefficient (Wildman–Crippen LogP) is 10.4. The number of hydrogen-bond acceptors (Lipinski definition) is 5. The van der Waals surface area contributed by atoms with Gasteiger partial charge in [-0.2, -0.15) is 0 Å². The van der Waals surface area contributed by atoms with Gasteiger partial charge in [0.15, 0.2) is 0 Å². The molecule has 0 radical (unpaired) electrons. The molecule has 0 aliphatic carbocycles. The van der Waals surface area contributed by atoms with E-state index in [1.807, 2.05) is 41.7 Å². The number of para-hydroxylation sites is 1. The summed E-state index contributed by atoms with van der Waals surface area (Å²) in [6, 6.07) is 21.7. The molecule has 2 heterocycles. The number of aryl methyl sites for hydroxylation is 1. The number of thiophene rings is 2. The third kappa shape index (κ3) is 4.88. The normalized spacial score (nSPS) is 11.4. The monoisotopic (exact) mass is 514 g/mol. The smallest absolute Gasteiger partial charge is 0.269 e. The second-order valence-corrected chi connectivity index (χ2v) is 10.9. The number of benzene rings is 3. The van der Waals surface area contributed by atoms with Gasteiger partial charge in [0.1, 0.15) is 0 Å². The average molecular weight is 515 g/mol. The summed E-state index contributed by atoms with van der Waals surface area (Å²) in [4.78, 5) is 13.2. The molecule has 0 spiro atoms. The van der Waals surface area contributed by atoms with Crippen molar-refractivity contribution in [1.82, 2.24) is 0 Å². The van der Waals surface area contributed by atoms with Crippen molar-refractivity contribution in [2.24, 2.45) is 0 Å². The Bertz CT molecular complexity index is 1400. The summed E-state index contributed by atoms with van der Waals surface area (Å²) in [5.41, 5.74) is 4.67. The lowest BCUT2D eigenvalue weighted by Gasteiger charge is -2.27. The molecule has 5 aromatic rings. The fourth-order valence-corrected chi connectivity index (χ4v) is 6.92. The van der Waals surface area contributed by atoms with Crippen LogP contribution in [0.1, 0.15) is 51.0 Å². The summed E-state index contributed by atoms with van der Waals surface area (Å²) in [5.74, 6) is 0. The van der Waals surface area contributed by atoms with Crippen molar-refractivity contribution in [2.45, 2.75) is 51.9 Å². The molecule has 184 valence electrons. The van der Waals surface area contributed by atoms with Crippen LogP contribution in [-0.4, -0.2) is 4.92 Å². The van der Waals surface area contributed by atoms with E-state index in [1.165, 1.54) is 64.3 Å². The van der Waals surface area contributed by atoms with Crippen molar-refractivity contribution in [3.05, 3.63) is 93.2 Å². The van der Waals surface area contributed by atoms with Crippen LogP contribution in [0, 0.1) is 10.1 Å². The first kappa shape index (κ1) is 24.5. The maximum Gasteiger partial charge on any atom is 0.269 e. The Balaban J connectivity index is 1.62. The summed E-state index contributed by atoms with van der Waals surface area (Å²) in [6.07, 6.45) is 8.84. The van der Waals surface area contributed by atoms with Gasteiger partial charge in [0.05, 0.1) is 15.3 Å². The van der Waals surface area contributed by atoms with Gasteiger partial charge in [-0.1, -0.05) is 57.2 Å². The minimum absolute atomic E-state index is 0.1000. The van der Waals surface area contributed by atoms with Gasteiger partial charge in [0.2, 0.25) is 0 Å². The maximum absolute atomic E-state index is 11.3. The lowest BCUT2D eigenvalue weighted by molar-refractivity contribution is -0.384. The highest BCUT2D eigenvalue weighted by Crippen LogP contribution is 2.49. The minimum Gasteiger partial charge on any atom is -0.308 e. The molecule has 0 bridgehead atoms. The largest absolute Gasteiger partial charge is 0.308 e. The van der Waals surface area contributed by atoms with E-state index in [0.29, 0.717) is 0 Å². The molecule has 6 heteroatoms. The van der Waals surface area contributed by atoms with Crippen molar-refractivity contribution in [1.29, 1.82) is 0 Å². The number of rotatable bonds is 11. The van der Waals surface area contributed by atoms with E-state index in [4.69, 9.17) is 0 Å². The Morgan fingerprint density at radius 2 is 1.39 bits per heavy atom. The number of non-ortho nitro benzene ring substituents is 1. The first-order valence-corrected chi connectivity index (χ1v) is 14.4. The van der Waals surface area contributed by atoms with Crippen LogP contribution in [0.3, 0.4) is 0 Å². The van der Waals surface area contributed by atoms with Crippen molar-refractivity contribution >= 4 is 65.6 Å². The van der Waals surface area contributed by atoms with E-state index in [-0.39, 0.29) is 10.6 Å². The van der Waals surface area contributed by atoms with Crippen LogP contribution in [0.2, 0.25) is 0 Å². The van der Waals surface area contributed by atoms with E-state index in [9.17, 15) is 10.1 Å². The van der Waals surface area contributed by atoms with Gasteiger partial charge in [-0.25, -0.2) is 0 Å². The van der Waals surface area contributed by atoms with Crippen LogP contribution in [0.5, 0.6) is 0 Å². The number of unbranched alkanes of at least 4 members (excludes halogenated alkanes) is 5. The Hall–Kier alpha value is -3.22. The Kier molecular flexibility index (Phi) is 7.63. The molecule has 0 saturated heterocycles. The number of nitro groups is 1. The highest BCUT2D eigenvalue weighted by atomic mass is 32.1. The molecule has 36 heavy (non-hydrogen) atoms. The van der Waals surface area contributed by atoms with E-state index in [1.54, 1.807) is 23.5 Å². The third-order valence-corrected chi connectivity index (χ3v) is 8.63. The van der Waals surface area contributed by atoms with Crippen molar-refractivity contribution in [3.63, 3.8) is 0 Å². The molecule has 2 aromatic heterocycles. The number of hydrogen-bond donors (Lipinski definition) is 0. The van der Waals surface area contributed by atoms with Gasteiger partial charge < -0.3 is 4.90 Å². The maximum atomic E-state index is 11.3. The van der Waals surface area contributed by atoms with Crippen LogP contribution in [0.25, 0.3) is 20.2 Å². The van der Waals surface area contributed by atoms with Crippen LogP contribution in [0.4, 0.5) is 22.7 Å². The highest BCUT2D eigenvalue weighted by molar-refractivity contribution is 7.19. The number of anilines is 3. The van der Waals surface area contributed by atoms with E-state index >= 15 is 0 Å². The second-order valence-electron chi connectivity index (χ2n) is 9.12. The Labute approximate surface area is 220 Å². The zero-order valence-corrected chi connectivity index (χ0v) is 22.1. The molecule has 0 aliphatic rings. The SMILES string of the molecule is CCCCCCCCc1c2ccsc2c(N(c2ccccc2)c2ccc([N+](=O)[O-])cc2)c2ccsc12. The van der Waals surface area contributed by atoms with Gasteiger partial charge in [-0.3, -0.25) is 10.1 Å². The number of nitrogens with zero attached hydrogens (tertiary/aromatic N) is 2. The third-order valence-electron chi connectivity index (χ3n) is 6.74. The van der Waals surface area contributed by atoms with Crippen molar-refractivity contribution in [3.8, 4) is 0 Å². The zero-order chi connectivity index (χ0) is 24.9. The molecule has 0 unspecified atom stereocenters. The Morgan fingerprint density at radius 1 is 0.750 bits per heavy atom. The van der Waals surface area contributed by atoms with E-state index in [2.05, 4.69) is 46.8 Å². The molecule has 3 aromatic carbocycles. The van der Waals surface area contributed by atoms with Crippen molar-refractivity contribution in [2.75, 3.05) is 4.90 Å². The van der Waals surface area contributed by atoms with Crippen molar-refractivity contribution < 1.29 is 4.92 Å². The molecule has 0 fully saturated rings. The van der Waals surface area contributed by atoms with Gasteiger partial charge in [0.25, 0.3) is 5.69 Å². The zero-order valence-electron chi connectivity index (χ0n) is 20.5. The summed E-state index contributed by atoms with van der Waals surface area (Å²) in [5, 5.41) is 18.3. The predicted molar refractivity (Wildman–Crippen MR) is 156 cm³/mol. The van der Waals surface area contributed by atoms with Gasteiger partial charge in [0, 0.05) is 33.6 Å². The lowest BCUT2D eigenvalue weighted by Crippen LogP contribution is -2.11. The van der Waals surface area contributed by atoms with Gasteiger partial charge in [-0.05, 0) is 70.9 Å². The van der Waals surface area contributed by atoms with E-state index in [0.717, 1.165) is 23.5 Å². The van der Waals surface area contributed by atoms with E-state index < -0.39 is 0 Å². The summed E-state index contributed by atoms with van der Waals surface area (Å²) >= 11 is 3.60. The minimum atomic E-state index is -0.345. The molecular weight excluding hydrogens is 484 g/mol. The molecule has 0 amide bonds. The average Bonchev–Trinajstić information content (AvgIpc) is 3.58. The highest BCUT2D eigenvalue weighted by Gasteiger charge is 2.23. The second kappa shape index (κ2) is 11.2. The fourth-order valence-electron chi connectivity index (χ4n) is 4.96. The molecule has 0 N–H and O–H groups in total. The first-order valence-electron chi connectivity index (χ1n) is 12.7. The molecule has 4 nitrogen and oxygen atoms in total. The first-order chi connectivity index (χ1) is 17.7. The summed E-state index contributed by atoms with van der Waals surface area (Å²) in [6.45, 7) is 2.26. The standard InChI is InChI=1S/C30H30N2O2S2/c1-2-3-4-5-6-10-13-25-26-18-20-36-30(26)28(27-19-21-35-29(25)27)31(22-11-8-7-9-12-22)23-14-16-24(17-15-23)32(33)34/h7-9,11-12,14-21H,2-6,10,13H2,1H3. The van der Waals surface area contributed by atoms with Gasteiger partial charge in [-0.15, -0.1) is 22.7 Å². The Morgan fingerprint density at radius 3 is 2.11 bits per heavy atom. The summed E-state index contributed by atoms with van der Waals surface area (Å²) in [7, 11) is 0. The van der Waals surface area contributed by atoms with Gasteiger partial charge >= 0.3 is 0 Å². The molecule has 0 aliphatic heterocycles. The topological polar surface area (TPSA) is 46.4 Å². The molecule has 0 atom stereocenters. The lowest BCUT2D eigenvalue weighted by atomic mass is 9.99. The fraction of sp³-hybridized carbons (Fsp3) is 0.267. The van der Waals surface area contributed by atoms with Crippen LogP contribution < -0.4 is 4.90 Å².